The van der Waals surface area contributed by atoms with Crippen LogP contribution in [0.1, 0.15) is 26.1 Å². The molecule has 7 heteroatoms. The summed E-state index contributed by atoms with van der Waals surface area (Å²) in [5.41, 5.74) is 0. The Morgan fingerprint density at radius 2 is 2.19 bits per heavy atom. The topological polar surface area (TPSA) is 64.9 Å². The van der Waals surface area contributed by atoms with Crippen molar-refractivity contribution in [2.75, 3.05) is 18.5 Å². The Bertz CT molecular complexity index is 546. The molecule has 0 radical (unpaired) electrons. The van der Waals surface area contributed by atoms with E-state index in [1.807, 2.05) is 30.8 Å². The molecule has 114 valence electrons. The third kappa shape index (κ3) is 4.71. The maximum absolute atomic E-state index is 5.41. The van der Waals surface area contributed by atoms with Crippen LogP contribution in [-0.2, 0) is 18.4 Å². The summed E-state index contributed by atoms with van der Waals surface area (Å²) in [6.45, 7) is 6.04. The molecule has 0 saturated heterocycles. The van der Waals surface area contributed by atoms with Gasteiger partial charge in [-0.2, -0.15) is 0 Å². The van der Waals surface area contributed by atoms with Crippen LogP contribution in [0.3, 0.4) is 0 Å². The van der Waals surface area contributed by atoms with Crippen molar-refractivity contribution in [1.82, 2.24) is 19.5 Å². The van der Waals surface area contributed by atoms with Gasteiger partial charge in [0.2, 0.25) is 0 Å². The van der Waals surface area contributed by atoms with Gasteiger partial charge < -0.3 is 14.6 Å². The molecule has 0 bridgehead atoms. The first-order valence-electron chi connectivity index (χ1n) is 7.07. The number of anilines is 1. The van der Waals surface area contributed by atoms with Gasteiger partial charge in [-0.15, -0.1) is 0 Å². The fourth-order valence-corrected chi connectivity index (χ4v) is 2.50. The highest BCUT2D eigenvalue weighted by molar-refractivity contribution is 7.99. The van der Waals surface area contributed by atoms with Crippen LogP contribution in [0.4, 0.5) is 5.82 Å². The first kappa shape index (κ1) is 15.8. The maximum Gasteiger partial charge on any atom is 0.174 e. The summed E-state index contributed by atoms with van der Waals surface area (Å²) in [4.78, 5) is 13.3. The van der Waals surface area contributed by atoms with Crippen molar-refractivity contribution in [3.63, 3.8) is 0 Å². The molecule has 21 heavy (non-hydrogen) atoms. The molecule has 2 aromatic rings. The predicted octanol–water partition coefficient (Wildman–Crippen LogP) is 2.72. The Kier molecular flexibility index (Phi) is 6.01. The number of aromatic nitrogens is 4. The van der Waals surface area contributed by atoms with Crippen LogP contribution >= 0.6 is 11.8 Å². The first-order valence-corrected chi connectivity index (χ1v) is 7.89. The zero-order valence-electron chi connectivity index (χ0n) is 12.7. The van der Waals surface area contributed by atoms with Gasteiger partial charge >= 0.3 is 0 Å². The van der Waals surface area contributed by atoms with Crippen LogP contribution in [0.5, 0.6) is 0 Å². The van der Waals surface area contributed by atoms with Crippen molar-refractivity contribution in [2.45, 2.75) is 37.1 Å². The molecule has 0 amide bonds. The SMILES string of the molecule is CCCNc1cc(Sc2nccn2C)nc(COCC)n1. The molecule has 0 atom stereocenters. The van der Waals surface area contributed by atoms with Crippen molar-refractivity contribution < 1.29 is 4.74 Å². The Labute approximate surface area is 129 Å². The monoisotopic (exact) mass is 307 g/mol. The van der Waals surface area contributed by atoms with Crippen LogP contribution in [0, 0.1) is 0 Å². The molecule has 0 aromatic carbocycles. The molecule has 2 heterocycles. The highest BCUT2D eigenvalue weighted by atomic mass is 32.2. The van der Waals surface area contributed by atoms with E-state index in [1.54, 1.807) is 6.20 Å². The molecule has 0 saturated carbocycles. The number of aryl methyl sites for hydroxylation is 1. The van der Waals surface area contributed by atoms with Gasteiger partial charge in [0.15, 0.2) is 11.0 Å². The molecule has 0 aliphatic heterocycles. The van der Waals surface area contributed by atoms with Crippen LogP contribution < -0.4 is 5.32 Å². The lowest BCUT2D eigenvalue weighted by Gasteiger charge is -2.09. The van der Waals surface area contributed by atoms with Gasteiger partial charge in [0.25, 0.3) is 0 Å². The average molecular weight is 307 g/mol. The molecular formula is C14H21N5OS. The molecular weight excluding hydrogens is 286 g/mol. The van der Waals surface area contributed by atoms with Gasteiger partial charge in [-0.25, -0.2) is 15.0 Å². The Balaban J connectivity index is 2.19. The van der Waals surface area contributed by atoms with Gasteiger partial charge in [-0.1, -0.05) is 6.92 Å². The zero-order chi connectivity index (χ0) is 15.1. The smallest absolute Gasteiger partial charge is 0.174 e. The maximum atomic E-state index is 5.41. The highest BCUT2D eigenvalue weighted by Gasteiger charge is 2.09. The number of imidazole rings is 1. The summed E-state index contributed by atoms with van der Waals surface area (Å²) in [7, 11) is 1.97. The van der Waals surface area contributed by atoms with E-state index in [9.17, 15) is 0 Å². The molecule has 0 aliphatic carbocycles. The molecule has 1 N–H and O–H groups in total. The van der Waals surface area contributed by atoms with Crippen molar-refractivity contribution in [3.8, 4) is 0 Å². The molecule has 2 aromatic heterocycles. The Morgan fingerprint density at radius 3 is 2.86 bits per heavy atom. The summed E-state index contributed by atoms with van der Waals surface area (Å²) in [5, 5.41) is 5.07. The normalized spacial score (nSPS) is 10.8. The van der Waals surface area contributed by atoms with Gasteiger partial charge in [-0.05, 0) is 25.1 Å². The minimum absolute atomic E-state index is 0.423. The second-order valence-corrected chi connectivity index (χ2v) is 5.48. The lowest BCUT2D eigenvalue weighted by molar-refractivity contribution is 0.128. The van der Waals surface area contributed by atoms with E-state index < -0.39 is 0 Å². The average Bonchev–Trinajstić information content (AvgIpc) is 2.88. The van der Waals surface area contributed by atoms with Crippen LogP contribution in [0.25, 0.3) is 0 Å². The summed E-state index contributed by atoms with van der Waals surface area (Å²) >= 11 is 1.52. The summed E-state index contributed by atoms with van der Waals surface area (Å²) in [6.07, 6.45) is 4.74. The fourth-order valence-electron chi connectivity index (χ4n) is 1.67. The van der Waals surface area contributed by atoms with E-state index in [0.29, 0.717) is 19.0 Å². The number of nitrogens with zero attached hydrogens (tertiary/aromatic N) is 4. The minimum atomic E-state index is 0.423. The minimum Gasteiger partial charge on any atom is -0.374 e. The lowest BCUT2D eigenvalue weighted by atomic mass is 10.4. The second-order valence-electron chi connectivity index (χ2n) is 4.49. The third-order valence-corrected chi connectivity index (χ3v) is 3.71. The summed E-state index contributed by atoms with van der Waals surface area (Å²) in [5.74, 6) is 1.52. The predicted molar refractivity (Wildman–Crippen MR) is 83.5 cm³/mol. The Morgan fingerprint density at radius 1 is 1.33 bits per heavy atom. The van der Waals surface area contributed by atoms with E-state index in [-0.39, 0.29) is 0 Å². The van der Waals surface area contributed by atoms with Crippen molar-refractivity contribution >= 4 is 17.6 Å². The molecule has 0 unspecified atom stereocenters. The van der Waals surface area contributed by atoms with Crippen LogP contribution in [-0.4, -0.2) is 32.7 Å². The van der Waals surface area contributed by atoms with E-state index in [0.717, 1.165) is 29.0 Å². The Hall–Kier alpha value is -1.60. The number of rotatable bonds is 8. The zero-order valence-corrected chi connectivity index (χ0v) is 13.5. The van der Waals surface area contributed by atoms with E-state index >= 15 is 0 Å². The third-order valence-electron chi connectivity index (χ3n) is 2.71. The van der Waals surface area contributed by atoms with Crippen molar-refractivity contribution in [1.29, 1.82) is 0 Å². The number of hydrogen-bond acceptors (Lipinski definition) is 6. The molecule has 6 nitrogen and oxygen atoms in total. The van der Waals surface area contributed by atoms with Crippen molar-refractivity contribution in [3.05, 3.63) is 24.3 Å². The van der Waals surface area contributed by atoms with Crippen molar-refractivity contribution in [2.24, 2.45) is 7.05 Å². The van der Waals surface area contributed by atoms with Gasteiger partial charge in [0, 0.05) is 38.7 Å². The molecule has 0 spiro atoms. The lowest BCUT2D eigenvalue weighted by Crippen LogP contribution is -2.07. The first-order chi connectivity index (χ1) is 10.2. The number of nitrogens with one attached hydrogen (secondary N) is 1. The van der Waals surface area contributed by atoms with E-state index in [4.69, 9.17) is 4.74 Å². The van der Waals surface area contributed by atoms with Gasteiger partial charge in [0.1, 0.15) is 17.5 Å². The van der Waals surface area contributed by atoms with Crippen LogP contribution in [0.2, 0.25) is 0 Å². The second kappa shape index (κ2) is 7.99. The summed E-state index contributed by atoms with van der Waals surface area (Å²) < 4.78 is 7.38. The fraction of sp³-hybridized carbons (Fsp3) is 0.500. The van der Waals surface area contributed by atoms with Crippen LogP contribution in [0.15, 0.2) is 28.6 Å². The van der Waals surface area contributed by atoms with Gasteiger partial charge in [-0.3, -0.25) is 0 Å². The standard InChI is InChI=1S/C14H21N5OS/c1-4-6-15-11-9-13(18-12(17-11)10-20-5-2)21-14-16-7-8-19(14)3/h7-9H,4-6,10H2,1-3H3,(H,15,17,18). The molecule has 2 rings (SSSR count). The van der Waals surface area contributed by atoms with Gasteiger partial charge in [0.05, 0.1) is 0 Å². The van der Waals surface area contributed by atoms with E-state index in [2.05, 4.69) is 27.2 Å². The number of ether oxygens (including phenoxy) is 1. The molecule has 0 fully saturated rings. The highest BCUT2D eigenvalue weighted by Crippen LogP contribution is 2.25. The largest absolute Gasteiger partial charge is 0.374 e. The van der Waals surface area contributed by atoms with E-state index in [1.165, 1.54) is 11.8 Å². The quantitative estimate of drug-likeness (QED) is 0.757. The summed E-state index contributed by atoms with van der Waals surface area (Å²) in [6, 6.07) is 1.95. The number of hydrogen-bond donors (Lipinski definition) is 1. The molecule has 0 aliphatic rings.